The molecular weight excluding hydrogens is 440 g/mol. The number of rotatable bonds is 6. The van der Waals surface area contributed by atoms with Crippen LogP contribution >= 0.6 is 0 Å². The zero-order valence-corrected chi connectivity index (χ0v) is 19.5. The summed E-state index contributed by atoms with van der Waals surface area (Å²) in [5, 5.41) is 13.5. The van der Waals surface area contributed by atoms with Crippen LogP contribution in [0.2, 0.25) is 0 Å². The first-order chi connectivity index (χ1) is 15.8. The molecule has 0 spiro atoms. The Hall–Kier alpha value is -3.28. The number of fused-ring (bicyclic) bond motifs is 1. The SMILES string of the molecule is CNC1CCN(S(=O)(=O)c2cccc(-c3cc4nc(C)cn4c(Nc4cc(C)[nH]n4)n3)c2)C1. The first kappa shape index (κ1) is 21.6. The van der Waals surface area contributed by atoms with E-state index in [1.165, 1.54) is 4.31 Å². The van der Waals surface area contributed by atoms with Gasteiger partial charge in [0.05, 0.1) is 16.3 Å². The molecule has 11 heteroatoms. The monoisotopic (exact) mass is 466 g/mol. The Kier molecular flexibility index (Phi) is 5.39. The predicted octanol–water partition coefficient (Wildman–Crippen LogP) is 2.46. The summed E-state index contributed by atoms with van der Waals surface area (Å²) in [5.41, 5.74) is 3.79. The number of likely N-dealkylation sites (N-methyl/N-ethyl adjacent to an activating group) is 1. The summed E-state index contributed by atoms with van der Waals surface area (Å²) in [7, 11) is -1.73. The maximum atomic E-state index is 13.2. The highest BCUT2D eigenvalue weighted by atomic mass is 32.2. The van der Waals surface area contributed by atoms with E-state index in [-0.39, 0.29) is 10.9 Å². The summed E-state index contributed by atoms with van der Waals surface area (Å²) in [5.74, 6) is 1.17. The molecule has 0 amide bonds. The molecule has 3 N–H and O–H groups in total. The Balaban J connectivity index is 1.54. The van der Waals surface area contributed by atoms with Crippen LogP contribution in [0.4, 0.5) is 11.8 Å². The molecule has 1 aliphatic rings. The molecule has 1 unspecified atom stereocenters. The van der Waals surface area contributed by atoms with E-state index in [4.69, 9.17) is 4.98 Å². The molecule has 5 rings (SSSR count). The number of nitrogens with one attached hydrogen (secondary N) is 3. The van der Waals surface area contributed by atoms with Gasteiger partial charge in [0.1, 0.15) is 5.65 Å². The second kappa shape index (κ2) is 8.25. The lowest BCUT2D eigenvalue weighted by Gasteiger charge is -2.17. The van der Waals surface area contributed by atoms with Gasteiger partial charge in [0, 0.05) is 48.7 Å². The van der Waals surface area contributed by atoms with Gasteiger partial charge in [-0.05, 0) is 39.4 Å². The van der Waals surface area contributed by atoms with E-state index in [2.05, 4.69) is 25.8 Å². The second-order valence-electron chi connectivity index (χ2n) is 8.30. The van der Waals surface area contributed by atoms with Crippen LogP contribution in [0.25, 0.3) is 16.9 Å². The molecule has 1 atom stereocenters. The fraction of sp³-hybridized carbons (Fsp3) is 0.318. The number of hydrogen-bond donors (Lipinski definition) is 3. The molecule has 1 aliphatic heterocycles. The molecule has 4 heterocycles. The second-order valence-corrected chi connectivity index (χ2v) is 10.2. The summed E-state index contributed by atoms with van der Waals surface area (Å²) in [6.45, 7) is 4.81. The third-order valence-electron chi connectivity index (χ3n) is 5.85. The molecule has 4 aromatic rings. The Morgan fingerprint density at radius 3 is 2.73 bits per heavy atom. The maximum Gasteiger partial charge on any atom is 0.243 e. The van der Waals surface area contributed by atoms with Crippen LogP contribution in [0.15, 0.2) is 47.5 Å². The van der Waals surface area contributed by atoms with Crippen LogP contribution in [0, 0.1) is 13.8 Å². The van der Waals surface area contributed by atoms with Crippen molar-refractivity contribution in [3.63, 3.8) is 0 Å². The largest absolute Gasteiger partial charge is 0.316 e. The molecule has 1 fully saturated rings. The molecule has 1 saturated heterocycles. The van der Waals surface area contributed by atoms with Crippen molar-refractivity contribution in [2.45, 2.75) is 31.2 Å². The zero-order chi connectivity index (χ0) is 23.2. The number of sulfonamides is 1. The minimum absolute atomic E-state index is 0.176. The lowest BCUT2D eigenvalue weighted by Crippen LogP contribution is -2.33. The van der Waals surface area contributed by atoms with Crippen LogP contribution in [0.5, 0.6) is 0 Å². The average Bonchev–Trinajstić information content (AvgIpc) is 3.53. The molecule has 0 saturated carbocycles. The number of anilines is 2. The predicted molar refractivity (Wildman–Crippen MR) is 126 cm³/mol. The van der Waals surface area contributed by atoms with E-state index in [9.17, 15) is 8.42 Å². The Bertz CT molecular complexity index is 1430. The molecule has 33 heavy (non-hydrogen) atoms. The van der Waals surface area contributed by atoms with Crippen molar-refractivity contribution < 1.29 is 8.42 Å². The van der Waals surface area contributed by atoms with Crippen molar-refractivity contribution in [2.24, 2.45) is 0 Å². The maximum absolute atomic E-state index is 13.2. The Morgan fingerprint density at radius 2 is 2.00 bits per heavy atom. The first-order valence-electron chi connectivity index (χ1n) is 10.8. The van der Waals surface area contributed by atoms with Gasteiger partial charge in [-0.1, -0.05) is 12.1 Å². The number of hydrogen-bond acceptors (Lipinski definition) is 7. The van der Waals surface area contributed by atoms with E-state index < -0.39 is 10.0 Å². The number of aromatic amines is 1. The summed E-state index contributed by atoms with van der Waals surface area (Å²) in [6, 6.07) is 10.8. The van der Waals surface area contributed by atoms with Gasteiger partial charge in [-0.3, -0.25) is 9.50 Å². The van der Waals surface area contributed by atoms with Gasteiger partial charge in [0.2, 0.25) is 16.0 Å². The van der Waals surface area contributed by atoms with Crippen LogP contribution in [0.3, 0.4) is 0 Å². The van der Waals surface area contributed by atoms with E-state index in [1.807, 2.05) is 49.7 Å². The minimum Gasteiger partial charge on any atom is -0.316 e. The van der Waals surface area contributed by atoms with Crippen molar-refractivity contribution in [1.82, 2.24) is 34.2 Å². The molecule has 10 nitrogen and oxygen atoms in total. The van der Waals surface area contributed by atoms with Crippen LogP contribution in [-0.2, 0) is 10.0 Å². The third kappa shape index (κ3) is 4.10. The molecule has 0 aliphatic carbocycles. The van der Waals surface area contributed by atoms with Crippen LogP contribution < -0.4 is 10.6 Å². The smallest absolute Gasteiger partial charge is 0.243 e. The number of benzene rings is 1. The van der Waals surface area contributed by atoms with Crippen molar-refractivity contribution in [1.29, 1.82) is 0 Å². The van der Waals surface area contributed by atoms with Crippen molar-refractivity contribution >= 4 is 27.4 Å². The third-order valence-corrected chi connectivity index (χ3v) is 7.71. The number of H-pyrrole nitrogens is 1. The van der Waals surface area contributed by atoms with Crippen molar-refractivity contribution in [3.05, 3.63) is 54.0 Å². The average molecular weight is 467 g/mol. The van der Waals surface area contributed by atoms with E-state index in [1.54, 1.807) is 18.2 Å². The molecule has 1 aromatic carbocycles. The van der Waals surface area contributed by atoms with E-state index >= 15 is 0 Å². The van der Waals surface area contributed by atoms with Crippen LogP contribution in [-0.4, -0.2) is 63.5 Å². The standard InChI is InChI=1S/C22H26N8O2S/c1-14-9-20(28-27-14)26-22-25-19(11-21-24-15(2)12-30(21)22)16-5-4-6-18(10-16)33(31,32)29-8-7-17(13-29)23-3/h4-6,9-12,17,23H,7-8,13H2,1-3H3,(H2,25,26,27,28). The first-order valence-corrected chi connectivity index (χ1v) is 12.2. The van der Waals surface area contributed by atoms with Gasteiger partial charge in [0.25, 0.3) is 0 Å². The molecule has 0 bridgehead atoms. The summed E-state index contributed by atoms with van der Waals surface area (Å²) >= 11 is 0. The highest BCUT2D eigenvalue weighted by Crippen LogP contribution is 2.28. The lowest BCUT2D eigenvalue weighted by molar-refractivity contribution is 0.464. The number of aromatic nitrogens is 5. The van der Waals surface area contributed by atoms with Gasteiger partial charge < -0.3 is 10.6 Å². The molecule has 3 aromatic heterocycles. The van der Waals surface area contributed by atoms with Gasteiger partial charge in [-0.2, -0.15) is 9.40 Å². The summed E-state index contributed by atoms with van der Waals surface area (Å²) in [4.78, 5) is 9.61. The number of imidazole rings is 1. The lowest BCUT2D eigenvalue weighted by atomic mass is 10.1. The molecule has 0 radical (unpaired) electrons. The fourth-order valence-electron chi connectivity index (χ4n) is 4.09. The summed E-state index contributed by atoms with van der Waals surface area (Å²) in [6.07, 6.45) is 2.69. The number of nitrogens with zero attached hydrogens (tertiary/aromatic N) is 5. The van der Waals surface area contributed by atoms with Crippen molar-refractivity contribution in [3.8, 4) is 11.3 Å². The number of aryl methyl sites for hydroxylation is 2. The van der Waals surface area contributed by atoms with E-state index in [0.29, 0.717) is 41.8 Å². The summed E-state index contributed by atoms with van der Waals surface area (Å²) < 4.78 is 29.9. The zero-order valence-electron chi connectivity index (χ0n) is 18.7. The molecule has 172 valence electrons. The fourth-order valence-corrected chi connectivity index (χ4v) is 5.64. The van der Waals surface area contributed by atoms with Gasteiger partial charge >= 0.3 is 0 Å². The highest BCUT2D eigenvalue weighted by Gasteiger charge is 2.32. The topological polar surface area (TPSA) is 120 Å². The minimum atomic E-state index is -3.59. The van der Waals surface area contributed by atoms with E-state index in [0.717, 1.165) is 17.8 Å². The molecular formula is C22H26N8O2S. The highest BCUT2D eigenvalue weighted by molar-refractivity contribution is 7.89. The quantitative estimate of drug-likeness (QED) is 0.399. The van der Waals surface area contributed by atoms with Gasteiger partial charge in [0.15, 0.2) is 5.82 Å². The normalized spacial score (nSPS) is 17.1. The van der Waals surface area contributed by atoms with Crippen molar-refractivity contribution in [2.75, 3.05) is 25.5 Å². The van der Waals surface area contributed by atoms with Gasteiger partial charge in [-0.15, -0.1) is 0 Å². The van der Waals surface area contributed by atoms with Crippen LogP contribution in [0.1, 0.15) is 17.8 Å². The Morgan fingerprint density at radius 1 is 1.15 bits per heavy atom. The van der Waals surface area contributed by atoms with Gasteiger partial charge in [-0.25, -0.2) is 18.4 Å². The Labute approximate surface area is 192 Å².